The summed E-state index contributed by atoms with van der Waals surface area (Å²) < 4.78 is 2.74. The number of hydrogen-bond acceptors (Lipinski definition) is 3. The molecule has 0 amide bonds. The van der Waals surface area contributed by atoms with Gasteiger partial charge in [0.1, 0.15) is 0 Å². The molecule has 1 aliphatic heterocycles. The molecular formula is C18H30N2S2. The second-order valence-electron chi connectivity index (χ2n) is 6.91. The topological polar surface area (TPSA) is 17.8 Å². The average Bonchev–Trinajstić information content (AvgIpc) is 3.23. The minimum atomic E-state index is 0.497. The number of aryl methyl sites for hydroxylation is 1. The highest BCUT2D eigenvalue weighted by molar-refractivity contribution is 8.21. The first-order chi connectivity index (χ1) is 10.9. The van der Waals surface area contributed by atoms with Gasteiger partial charge in [0.15, 0.2) is 0 Å². The smallest absolute Gasteiger partial charge is 0.0945 e. The molecule has 124 valence electrons. The van der Waals surface area contributed by atoms with E-state index in [2.05, 4.69) is 39.3 Å². The summed E-state index contributed by atoms with van der Waals surface area (Å²) in [6.45, 7) is 1.13. The molecule has 1 saturated heterocycles. The second-order valence-corrected chi connectivity index (χ2v) is 10.1. The van der Waals surface area contributed by atoms with Crippen LogP contribution in [0, 0.1) is 5.92 Å². The Labute approximate surface area is 144 Å². The maximum Gasteiger partial charge on any atom is 0.0945 e. The average molecular weight is 339 g/mol. The molecule has 0 bridgehead atoms. The van der Waals surface area contributed by atoms with Crippen LogP contribution in [0.25, 0.3) is 0 Å². The monoisotopic (exact) mass is 338 g/mol. The van der Waals surface area contributed by atoms with Crippen LogP contribution < -0.4 is 0 Å². The predicted octanol–water partition coefficient (Wildman–Crippen LogP) is 5.59. The molecule has 0 unspecified atom stereocenters. The van der Waals surface area contributed by atoms with Crippen LogP contribution in [-0.4, -0.2) is 25.1 Å². The predicted molar refractivity (Wildman–Crippen MR) is 99.5 cm³/mol. The minimum absolute atomic E-state index is 0.497. The molecule has 1 aromatic rings. The molecule has 0 spiro atoms. The van der Waals surface area contributed by atoms with Gasteiger partial charge < -0.3 is 4.57 Å². The van der Waals surface area contributed by atoms with Crippen LogP contribution in [0.3, 0.4) is 0 Å². The van der Waals surface area contributed by atoms with Crippen molar-refractivity contribution in [3.05, 3.63) is 18.7 Å². The molecule has 0 aromatic carbocycles. The van der Waals surface area contributed by atoms with Gasteiger partial charge in [-0.15, -0.1) is 23.5 Å². The number of rotatable bonds is 8. The number of unbranched alkanes of at least 4 members (excludes halogenated alkanes) is 1. The summed E-state index contributed by atoms with van der Waals surface area (Å²) in [5.41, 5.74) is 0. The molecular weight excluding hydrogens is 308 g/mol. The first kappa shape index (κ1) is 16.8. The summed E-state index contributed by atoms with van der Waals surface area (Å²) in [6, 6.07) is 0. The third-order valence-corrected chi connectivity index (χ3v) is 8.92. The Balaban J connectivity index is 1.39. The molecule has 0 N–H and O–H groups in total. The standard InChI is InChI=1S/C18H30N2S2/c1-2-6-17(7-3-1)8-4-5-9-18(21-14-15-22-18)10-12-20-13-11-19-16-20/h11,13,16-17H,1-10,12,14-15H2. The Kier molecular flexibility index (Phi) is 6.61. The van der Waals surface area contributed by atoms with E-state index in [0.717, 1.165) is 12.5 Å². The van der Waals surface area contributed by atoms with Crippen LogP contribution in [0.15, 0.2) is 18.7 Å². The van der Waals surface area contributed by atoms with Gasteiger partial charge in [0.05, 0.1) is 10.4 Å². The molecule has 2 fully saturated rings. The third-order valence-electron chi connectivity index (χ3n) is 5.27. The summed E-state index contributed by atoms with van der Waals surface area (Å²) in [5, 5.41) is 0. The van der Waals surface area contributed by atoms with Gasteiger partial charge in [-0.25, -0.2) is 4.98 Å². The van der Waals surface area contributed by atoms with Gasteiger partial charge in [0.25, 0.3) is 0 Å². The molecule has 1 aromatic heterocycles. The first-order valence-electron chi connectivity index (χ1n) is 9.10. The lowest BCUT2D eigenvalue weighted by Gasteiger charge is -2.28. The summed E-state index contributed by atoms with van der Waals surface area (Å²) in [5.74, 6) is 3.74. The van der Waals surface area contributed by atoms with E-state index in [4.69, 9.17) is 0 Å². The van der Waals surface area contributed by atoms with Gasteiger partial charge in [0, 0.05) is 30.4 Å². The van der Waals surface area contributed by atoms with E-state index < -0.39 is 0 Å². The van der Waals surface area contributed by atoms with Crippen molar-refractivity contribution in [2.45, 2.75) is 74.8 Å². The molecule has 2 heterocycles. The molecule has 0 atom stereocenters. The zero-order valence-electron chi connectivity index (χ0n) is 13.7. The zero-order valence-corrected chi connectivity index (χ0v) is 15.3. The van der Waals surface area contributed by atoms with E-state index >= 15 is 0 Å². The van der Waals surface area contributed by atoms with Gasteiger partial charge in [-0.05, 0) is 18.8 Å². The Hall–Kier alpha value is -0.0900. The lowest BCUT2D eigenvalue weighted by molar-refractivity contribution is 0.327. The zero-order chi connectivity index (χ0) is 15.1. The van der Waals surface area contributed by atoms with Crippen molar-refractivity contribution in [2.24, 2.45) is 5.92 Å². The highest BCUT2D eigenvalue weighted by Gasteiger charge is 2.34. The van der Waals surface area contributed by atoms with E-state index in [1.165, 1.54) is 75.7 Å². The number of nitrogens with zero attached hydrogens (tertiary/aromatic N) is 2. The summed E-state index contributed by atoms with van der Waals surface area (Å²) in [4.78, 5) is 4.17. The molecule has 1 aliphatic carbocycles. The van der Waals surface area contributed by atoms with Crippen LogP contribution in [0.4, 0.5) is 0 Å². The number of hydrogen-bond donors (Lipinski definition) is 0. The van der Waals surface area contributed by atoms with Gasteiger partial charge >= 0.3 is 0 Å². The summed E-state index contributed by atoms with van der Waals surface area (Å²) in [7, 11) is 0. The fourth-order valence-corrected chi connectivity index (χ4v) is 7.22. The van der Waals surface area contributed by atoms with Crippen LogP contribution in [-0.2, 0) is 6.54 Å². The van der Waals surface area contributed by atoms with Gasteiger partial charge in [-0.1, -0.05) is 51.4 Å². The lowest BCUT2D eigenvalue weighted by Crippen LogP contribution is -2.20. The van der Waals surface area contributed by atoms with Crippen molar-refractivity contribution in [1.82, 2.24) is 9.55 Å². The number of imidazole rings is 1. The van der Waals surface area contributed by atoms with Crippen LogP contribution in [0.2, 0.25) is 0 Å². The van der Waals surface area contributed by atoms with Crippen molar-refractivity contribution >= 4 is 23.5 Å². The Morgan fingerprint density at radius 1 is 1.05 bits per heavy atom. The Morgan fingerprint density at radius 3 is 2.59 bits per heavy atom. The largest absolute Gasteiger partial charge is 0.337 e. The number of aromatic nitrogens is 2. The van der Waals surface area contributed by atoms with Crippen molar-refractivity contribution in [3.8, 4) is 0 Å². The summed E-state index contributed by atoms with van der Waals surface area (Å²) >= 11 is 4.45. The normalized spacial score (nSPS) is 22.2. The van der Waals surface area contributed by atoms with Crippen LogP contribution >= 0.6 is 23.5 Å². The molecule has 1 saturated carbocycles. The molecule has 2 nitrogen and oxygen atoms in total. The highest BCUT2D eigenvalue weighted by Crippen LogP contribution is 2.50. The van der Waals surface area contributed by atoms with Crippen LogP contribution in [0.1, 0.15) is 64.2 Å². The van der Waals surface area contributed by atoms with E-state index in [1.807, 2.05) is 12.5 Å². The van der Waals surface area contributed by atoms with E-state index in [1.54, 1.807) is 0 Å². The fourth-order valence-electron chi connectivity index (χ4n) is 3.93. The van der Waals surface area contributed by atoms with Gasteiger partial charge in [-0.3, -0.25) is 0 Å². The minimum Gasteiger partial charge on any atom is -0.337 e. The lowest BCUT2D eigenvalue weighted by atomic mass is 9.85. The summed E-state index contributed by atoms with van der Waals surface area (Å²) in [6.07, 6.45) is 20.5. The highest BCUT2D eigenvalue weighted by atomic mass is 32.2. The first-order valence-corrected chi connectivity index (χ1v) is 11.1. The van der Waals surface area contributed by atoms with Crippen molar-refractivity contribution in [2.75, 3.05) is 11.5 Å². The van der Waals surface area contributed by atoms with Gasteiger partial charge in [-0.2, -0.15) is 0 Å². The molecule has 2 aliphatic rings. The van der Waals surface area contributed by atoms with Gasteiger partial charge in [0.2, 0.25) is 0 Å². The van der Waals surface area contributed by atoms with Crippen molar-refractivity contribution in [3.63, 3.8) is 0 Å². The van der Waals surface area contributed by atoms with Crippen molar-refractivity contribution < 1.29 is 0 Å². The molecule has 0 radical (unpaired) electrons. The molecule has 4 heteroatoms. The molecule has 22 heavy (non-hydrogen) atoms. The van der Waals surface area contributed by atoms with E-state index in [0.29, 0.717) is 4.08 Å². The maximum atomic E-state index is 4.17. The maximum absolute atomic E-state index is 4.17. The SMILES string of the molecule is c1cn(CCC2(CCCCC3CCCCC3)SCCS2)cn1. The van der Waals surface area contributed by atoms with Crippen molar-refractivity contribution in [1.29, 1.82) is 0 Å². The number of thioether (sulfide) groups is 2. The Morgan fingerprint density at radius 2 is 1.86 bits per heavy atom. The Bertz CT molecular complexity index is 407. The third kappa shape index (κ3) is 4.95. The van der Waals surface area contributed by atoms with E-state index in [-0.39, 0.29) is 0 Å². The second kappa shape index (κ2) is 8.68. The van der Waals surface area contributed by atoms with E-state index in [9.17, 15) is 0 Å². The molecule has 3 rings (SSSR count). The quantitative estimate of drug-likeness (QED) is 0.575. The van der Waals surface area contributed by atoms with Crippen LogP contribution in [0.5, 0.6) is 0 Å². The fraction of sp³-hybridized carbons (Fsp3) is 0.833.